The number of carbonyl (C=O) groups excluding carboxylic acids is 1. The van der Waals surface area contributed by atoms with Crippen molar-refractivity contribution in [3.05, 3.63) is 25.2 Å². The molecule has 6 nitrogen and oxygen atoms in total. The van der Waals surface area contributed by atoms with Crippen molar-refractivity contribution in [2.75, 3.05) is 5.32 Å². The van der Waals surface area contributed by atoms with Crippen molar-refractivity contribution in [2.24, 2.45) is 0 Å². The van der Waals surface area contributed by atoms with E-state index in [0.29, 0.717) is 21.6 Å². The van der Waals surface area contributed by atoms with Crippen LogP contribution in [0, 0.1) is 6.92 Å². The summed E-state index contributed by atoms with van der Waals surface area (Å²) >= 11 is 2.35. The van der Waals surface area contributed by atoms with Crippen molar-refractivity contribution < 1.29 is 4.79 Å². The lowest BCUT2D eigenvalue weighted by atomic mass is 9.90. The number of hydrogen-bond donors (Lipinski definition) is 2. The largest absolute Gasteiger partial charge is 0.316 e. The number of nitrogens with zero attached hydrogens (tertiary/aromatic N) is 2. The van der Waals surface area contributed by atoms with Gasteiger partial charge in [-0.05, 0) is 19.8 Å². The molecule has 0 bridgehead atoms. The maximum Gasteiger partial charge on any atom is 0.305 e. The Morgan fingerprint density at radius 1 is 1.24 bits per heavy atom. The number of aromatic amines is 1. The molecule has 0 atom stereocenters. The van der Waals surface area contributed by atoms with Gasteiger partial charge in [0.2, 0.25) is 5.13 Å². The quantitative estimate of drug-likeness (QED) is 0.908. The van der Waals surface area contributed by atoms with Crippen LogP contribution in [0.25, 0.3) is 0 Å². The Morgan fingerprint density at radius 3 is 2.67 bits per heavy atom. The van der Waals surface area contributed by atoms with E-state index in [0.717, 1.165) is 29.2 Å². The molecule has 0 saturated heterocycles. The highest BCUT2D eigenvalue weighted by Gasteiger charge is 2.21. The molecule has 8 heteroatoms. The summed E-state index contributed by atoms with van der Waals surface area (Å²) in [6.45, 7) is 1.71. The number of hydrogen-bond acceptors (Lipinski definition) is 6. The number of aryl methyl sites for hydroxylation is 1. The second-order valence-corrected chi connectivity index (χ2v) is 7.20. The molecule has 0 unspecified atom stereocenters. The van der Waals surface area contributed by atoms with E-state index in [2.05, 4.69) is 20.5 Å². The molecule has 0 radical (unpaired) electrons. The van der Waals surface area contributed by atoms with Gasteiger partial charge in [0.05, 0.1) is 0 Å². The van der Waals surface area contributed by atoms with Gasteiger partial charge in [-0.2, -0.15) is 0 Å². The summed E-state index contributed by atoms with van der Waals surface area (Å²) in [5.74, 6) is 0.175. The summed E-state index contributed by atoms with van der Waals surface area (Å²) in [5.41, 5.74) is 0.583. The van der Waals surface area contributed by atoms with Crippen molar-refractivity contribution in [3.63, 3.8) is 0 Å². The number of nitrogens with one attached hydrogen (secondary N) is 2. The molecule has 2 heterocycles. The van der Waals surface area contributed by atoms with E-state index in [-0.39, 0.29) is 10.8 Å². The van der Waals surface area contributed by atoms with Crippen molar-refractivity contribution in [3.8, 4) is 0 Å². The lowest BCUT2D eigenvalue weighted by molar-refractivity contribution is 0.102. The van der Waals surface area contributed by atoms with Gasteiger partial charge in [0, 0.05) is 11.6 Å². The summed E-state index contributed by atoms with van der Waals surface area (Å²) in [6, 6.07) is 0. The minimum atomic E-state index is -0.304. The Bertz CT molecular complexity index is 697. The molecule has 1 saturated carbocycles. The fourth-order valence-electron chi connectivity index (χ4n) is 2.57. The number of thiazole rings is 1. The van der Waals surface area contributed by atoms with Crippen LogP contribution in [-0.2, 0) is 0 Å². The molecule has 2 aromatic rings. The Kier molecular flexibility index (Phi) is 4.16. The number of aromatic nitrogens is 3. The van der Waals surface area contributed by atoms with Crippen LogP contribution in [0.5, 0.6) is 0 Å². The van der Waals surface area contributed by atoms with Crippen LogP contribution in [0.3, 0.4) is 0 Å². The lowest BCUT2D eigenvalue weighted by Gasteiger charge is -2.18. The molecular weight excluding hydrogens is 308 g/mol. The van der Waals surface area contributed by atoms with Gasteiger partial charge >= 0.3 is 4.87 Å². The molecular formula is C13H16N4O2S2. The summed E-state index contributed by atoms with van der Waals surface area (Å²) in [5, 5.41) is 12.5. The van der Waals surface area contributed by atoms with E-state index in [9.17, 15) is 9.59 Å². The van der Waals surface area contributed by atoms with Crippen LogP contribution < -0.4 is 10.2 Å². The van der Waals surface area contributed by atoms with E-state index >= 15 is 0 Å². The number of amides is 1. The Balaban J connectivity index is 1.70. The van der Waals surface area contributed by atoms with Gasteiger partial charge < -0.3 is 4.98 Å². The molecule has 2 N–H and O–H groups in total. The Hall–Kier alpha value is -1.54. The predicted molar refractivity (Wildman–Crippen MR) is 83.4 cm³/mol. The number of rotatable bonds is 3. The first kappa shape index (κ1) is 14.4. The van der Waals surface area contributed by atoms with Crippen molar-refractivity contribution in [2.45, 2.75) is 44.9 Å². The average molecular weight is 324 g/mol. The standard InChI is InChI=1S/C13H16N4O2S2/c1-7-9(20-13(19)14-7)10(18)15-12-17-16-11(21-12)8-5-3-2-4-6-8/h8H,2-6H2,1H3,(H,14,19)(H,15,17,18). The van der Waals surface area contributed by atoms with Crippen LogP contribution >= 0.6 is 22.7 Å². The first-order chi connectivity index (χ1) is 10.1. The maximum atomic E-state index is 12.1. The van der Waals surface area contributed by atoms with Crippen LogP contribution in [0.15, 0.2) is 4.79 Å². The highest BCUT2D eigenvalue weighted by atomic mass is 32.1. The van der Waals surface area contributed by atoms with Gasteiger partial charge in [0.25, 0.3) is 5.91 Å². The molecule has 1 aliphatic rings. The Morgan fingerprint density at radius 2 is 2.00 bits per heavy atom. The predicted octanol–water partition coefficient (Wildman–Crippen LogP) is 2.90. The van der Waals surface area contributed by atoms with Crippen LogP contribution in [-0.4, -0.2) is 21.1 Å². The van der Waals surface area contributed by atoms with Crippen molar-refractivity contribution in [1.29, 1.82) is 0 Å². The van der Waals surface area contributed by atoms with E-state index in [1.807, 2.05) is 0 Å². The monoisotopic (exact) mass is 324 g/mol. The van der Waals surface area contributed by atoms with E-state index in [1.54, 1.807) is 6.92 Å². The van der Waals surface area contributed by atoms with Gasteiger partial charge in [-0.15, -0.1) is 10.2 Å². The third kappa shape index (κ3) is 3.21. The zero-order valence-corrected chi connectivity index (χ0v) is 13.3. The van der Waals surface area contributed by atoms with Gasteiger partial charge in [-0.25, -0.2) is 0 Å². The lowest BCUT2D eigenvalue weighted by Crippen LogP contribution is -2.11. The summed E-state index contributed by atoms with van der Waals surface area (Å²) < 4.78 is 0. The molecule has 0 aliphatic heterocycles. The SMILES string of the molecule is Cc1[nH]c(=O)sc1C(=O)Nc1nnc(C2CCCCC2)s1. The number of carbonyl (C=O) groups is 1. The van der Waals surface area contributed by atoms with Crippen molar-refractivity contribution in [1.82, 2.24) is 15.2 Å². The second kappa shape index (κ2) is 6.07. The summed E-state index contributed by atoms with van der Waals surface area (Å²) in [7, 11) is 0. The van der Waals surface area contributed by atoms with E-state index < -0.39 is 0 Å². The van der Waals surface area contributed by atoms with Gasteiger partial charge in [0.15, 0.2) is 0 Å². The highest BCUT2D eigenvalue weighted by Crippen LogP contribution is 2.35. The van der Waals surface area contributed by atoms with Crippen molar-refractivity contribution >= 4 is 33.7 Å². The van der Waals surface area contributed by atoms with Gasteiger partial charge in [-0.3, -0.25) is 14.9 Å². The molecule has 2 aromatic heterocycles. The zero-order valence-electron chi connectivity index (χ0n) is 11.6. The minimum Gasteiger partial charge on any atom is -0.316 e. The summed E-state index contributed by atoms with van der Waals surface area (Å²) in [4.78, 5) is 26.1. The third-order valence-corrected chi connectivity index (χ3v) is 5.63. The first-order valence-corrected chi connectivity index (χ1v) is 8.61. The van der Waals surface area contributed by atoms with Crippen LogP contribution in [0.4, 0.5) is 5.13 Å². The maximum absolute atomic E-state index is 12.1. The summed E-state index contributed by atoms with van der Waals surface area (Å²) in [6.07, 6.45) is 6.08. The third-order valence-electron chi connectivity index (χ3n) is 3.65. The molecule has 21 heavy (non-hydrogen) atoms. The Labute approximate surface area is 129 Å². The number of H-pyrrole nitrogens is 1. The molecule has 1 amide bonds. The van der Waals surface area contributed by atoms with Gasteiger partial charge in [-0.1, -0.05) is 41.9 Å². The molecule has 0 spiro atoms. The van der Waals surface area contributed by atoms with Crippen LogP contribution in [0.1, 0.15) is 58.4 Å². The smallest absolute Gasteiger partial charge is 0.305 e. The second-order valence-electron chi connectivity index (χ2n) is 5.20. The normalized spacial score (nSPS) is 16.0. The highest BCUT2D eigenvalue weighted by molar-refractivity contribution is 7.15. The molecule has 1 aliphatic carbocycles. The van der Waals surface area contributed by atoms with Crippen LogP contribution in [0.2, 0.25) is 0 Å². The fraction of sp³-hybridized carbons (Fsp3) is 0.538. The molecule has 112 valence electrons. The number of anilines is 1. The first-order valence-electron chi connectivity index (χ1n) is 6.98. The average Bonchev–Trinajstić information content (AvgIpc) is 3.06. The molecule has 3 rings (SSSR count). The zero-order chi connectivity index (χ0) is 14.8. The topological polar surface area (TPSA) is 87.7 Å². The molecule has 1 fully saturated rings. The minimum absolute atomic E-state index is 0.224. The van der Waals surface area contributed by atoms with Gasteiger partial charge in [0.1, 0.15) is 9.88 Å². The molecule has 0 aromatic carbocycles. The fourth-order valence-corrected chi connectivity index (χ4v) is 4.22. The van der Waals surface area contributed by atoms with E-state index in [4.69, 9.17) is 0 Å². The van der Waals surface area contributed by atoms with E-state index in [1.165, 1.54) is 30.6 Å².